The van der Waals surface area contributed by atoms with Crippen LogP contribution in [0.25, 0.3) is 0 Å². The number of carbonyl (C=O) groups is 2. The van der Waals surface area contributed by atoms with Crippen LogP contribution in [0.5, 0.6) is 11.5 Å². The van der Waals surface area contributed by atoms with Gasteiger partial charge in [-0.2, -0.15) is 0 Å². The van der Waals surface area contributed by atoms with E-state index in [-0.39, 0.29) is 24.6 Å². The zero-order valence-corrected chi connectivity index (χ0v) is 14.5. The molecule has 25 heavy (non-hydrogen) atoms. The number of fused-ring (bicyclic) bond motifs is 1. The second-order valence-electron chi connectivity index (χ2n) is 6.26. The van der Waals surface area contributed by atoms with E-state index in [0.717, 1.165) is 19.4 Å². The molecule has 2 heterocycles. The second-order valence-corrected chi connectivity index (χ2v) is 6.26. The summed E-state index contributed by atoms with van der Waals surface area (Å²) in [4.78, 5) is 26.2. The number of amides is 1. The first-order valence-corrected chi connectivity index (χ1v) is 8.74. The molecule has 1 saturated heterocycles. The first kappa shape index (κ1) is 17.5. The van der Waals surface area contributed by atoms with E-state index in [4.69, 9.17) is 14.2 Å². The molecule has 7 nitrogen and oxygen atoms in total. The van der Waals surface area contributed by atoms with Crippen LogP contribution in [-0.2, 0) is 14.3 Å². The predicted octanol–water partition coefficient (Wildman–Crippen LogP) is 2.02. The van der Waals surface area contributed by atoms with Crippen molar-refractivity contribution in [3.05, 3.63) is 18.2 Å². The summed E-state index contributed by atoms with van der Waals surface area (Å²) in [5.41, 5.74) is 0.692. The number of esters is 1. The van der Waals surface area contributed by atoms with Crippen LogP contribution in [-0.4, -0.2) is 49.8 Å². The zero-order chi connectivity index (χ0) is 17.6. The summed E-state index contributed by atoms with van der Waals surface area (Å²) in [5.74, 6) is 1.07. The number of nitrogens with one attached hydrogen (secondary N) is 1. The van der Waals surface area contributed by atoms with E-state index in [1.807, 2.05) is 6.92 Å². The average Bonchev–Trinajstić information content (AvgIpc) is 3.08. The molecule has 1 fully saturated rings. The summed E-state index contributed by atoms with van der Waals surface area (Å²) < 4.78 is 15.7. The van der Waals surface area contributed by atoms with Crippen LogP contribution in [0.4, 0.5) is 5.69 Å². The van der Waals surface area contributed by atoms with Crippen LogP contribution in [0.15, 0.2) is 18.2 Å². The highest BCUT2D eigenvalue weighted by atomic mass is 16.7. The third kappa shape index (κ3) is 4.63. The van der Waals surface area contributed by atoms with Crippen molar-refractivity contribution < 1.29 is 23.8 Å². The number of nitrogens with zero attached hydrogens (tertiary/aromatic N) is 1. The molecule has 0 aromatic heterocycles. The Bertz CT molecular complexity index is 634. The molecule has 1 N–H and O–H groups in total. The van der Waals surface area contributed by atoms with E-state index in [9.17, 15) is 9.59 Å². The summed E-state index contributed by atoms with van der Waals surface area (Å²) in [6.45, 7) is 4.64. The Morgan fingerprint density at radius 2 is 2.16 bits per heavy atom. The van der Waals surface area contributed by atoms with Gasteiger partial charge < -0.3 is 24.4 Å². The molecule has 1 amide bonds. The van der Waals surface area contributed by atoms with Crippen LogP contribution in [0.2, 0.25) is 0 Å². The molecule has 2 aliphatic heterocycles. The fourth-order valence-electron chi connectivity index (χ4n) is 3.17. The fourth-order valence-corrected chi connectivity index (χ4v) is 3.17. The van der Waals surface area contributed by atoms with Crippen LogP contribution in [0, 0.1) is 5.92 Å². The molecule has 0 radical (unpaired) electrons. The SMILES string of the molecule is CCOC(=O)[C@@H]1CCCN(CCC(=O)Nc2ccc3c(c2)OCO3)C1. The van der Waals surface area contributed by atoms with Gasteiger partial charge in [0.15, 0.2) is 11.5 Å². The molecule has 2 aliphatic rings. The van der Waals surface area contributed by atoms with Gasteiger partial charge in [-0.15, -0.1) is 0 Å². The van der Waals surface area contributed by atoms with Gasteiger partial charge >= 0.3 is 5.97 Å². The number of benzene rings is 1. The third-order valence-corrected chi connectivity index (χ3v) is 4.44. The molecule has 0 saturated carbocycles. The van der Waals surface area contributed by atoms with Gasteiger partial charge in [0, 0.05) is 31.3 Å². The molecule has 0 aliphatic carbocycles. The average molecular weight is 348 g/mol. The number of piperidine rings is 1. The molecule has 136 valence electrons. The van der Waals surface area contributed by atoms with E-state index in [0.29, 0.717) is 43.3 Å². The molecule has 1 aromatic rings. The van der Waals surface area contributed by atoms with Crippen LogP contribution in [0.1, 0.15) is 26.2 Å². The van der Waals surface area contributed by atoms with E-state index in [1.165, 1.54) is 0 Å². The number of rotatable bonds is 6. The Morgan fingerprint density at radius 1 is 1.32 bits per heavy atom. The maximum atomic E-state index is 12.2. The summed E-state index contributed by atoms with van der Waals surface area (Å²) in [5, 5.41) is 2.87. The minimum atomic E-state index is -0.128. The molecule has 0 spiro atoms. The molecule has 0 bridgehead atoms. The summed E-state index contributed by atoms with van der Waals surface area (Å²) >= 11 is 0. The van der Waals surface area contributed by atoms with Crippen molar-refractivity contribution >= 4 is 17.6 Å². The van der Waals surface area contributed by atoms with Gasteiger partial charge in [0.25, 0.3) is 0 Å². The highest BCUT2D eigenvalue weighted by Crippen LogP contribution is 2.34. The Balaban J connectivity index is 1.45. The Morgan fingerprint density at radius 3 is 3.00 bits per heavy atom. The first-order chi connectivity index (χ1) is 12.2. The van der Waals surface area contributed by atoms with Crippen LogP contribution >= 0.6 is 0 Å². The Kier molecular flexibility index (Phi) is 5.75. The first-order valence-electron chi connectivity index (χ1n) is 8.74. The molecular weight excluding hydrogens is 324 g/mol. The van der Waals surface area contributed by atoms with Crippen molar-refractivity contribution in [1.29, 1.82) is 0 Å². The van der Waals surface area contributed by atoms with Gasteiger partial charge in [-0.3, -0.25) is 9.59 Å². The minimum Gasteiger partial charge on any atom is -0.466 e. The highest BCUT2D eigenvalue weighted by molar-refractivity contribution is 5.91. The third-order valence-electron chi connectivity index (χ3n) is 4.44. The van der Waals surface area contributed by atoms with Gasteiger partial charge in [-0.25, -0.2) is 0 Å². The van der Waals surface area contributed by atoms with Gasteiger partial charge in [0.2, 0.25) is 12.7 Å². The monoisotopic (exact) mass is 348 g/mol. The van der Waals surface area contributed by atoms with Crippen molar-refractivity contribution in [3.8, 4) is 11.5 Å². The molecule has 0 unspecified atom stereocenters. The van der Waals surface area contributed by atoms with E-state index in [2.05, 4.69) is 10.2 Å². The number of anilines is 1. The standard InChI is InChI=1S/C18H24N2O5/c1-2-23-18(22)13-4-3-8-20(11-13)9-7-17(21)19-14-5-6-15-16(10-14)25-12-24-15/h5-6,10,13H,2-4,7-9,11-12H2,1H3,(H,19,21)/t13-/m1/s1. The number of carbonyl (C=O) groups excluding carboxylic acids is 2. The zero-order valence-electron chi connectivity index (χ0n) is 14.5. The van der Waals surface area contributed by atoms with Crippen molar-refractivity contribution in [1.82, 2.24) is 4.90 Å². The quantitative estimate of drug-likeness (QED) is 0.793. The molecule has 1 aromatic carbocycles. The summed E-state index contributed by atoms with van der Waals surface area (Å²) in [6, 6.07) is 5.34. The number of hydrogen-bond acceptors (Lipinski definition) is 6. The van der Waals surface area contributed by atoms with Crippen LogP contribution < -0.4 is 14.8 Å². The lowest BCUT2D eigenvalue weighted by Crippen LogP contribution is -2.40. The van der Waals surface area contributed by atoms with Crippen molar-refractivity contribution in [2.24, 2.45) is 5.92 Å². The second kappa shape index (κ2) is 8.20. The normalized spacial score (nSPS) is 19.5. The molecular formula is C18H24N2O5. The molecule has 7 heteroatoms. The highest BCUT2D eigenvalue weighted by Gasteiger charge is 2.26. The van der Waals surface area contributed by atoms with Crippen molar-refractivity contribution in [2.75, 3.05) is 38.4 Å². The smallest absolute Gasteiger partial charge is 0.310 e. The number of hydrogen-bond donors (Lipinski definition) is 1. The van der Waals surface area contributed by atoms with E-state index < -0.39 is 0 Å². The molecule has 1 atom stereocenters. The van der Waals surface area contributed by atoms with Gasteiger partial charge in [0.1, 0.15) is 0 Å². The lowest BCUT2D eigenvalue weighted by atomic mass is 9.98. The fraction of sp³-hybridized carbons (Fsp3) is 0.556. The van der Waals surface area contributed by atoms with Crippen LogP contribution in [0.3, 0.4) is 0 Å². The maximum absolute atomic E-state index is 12.2. The maximum Gasteiger partial charge on any atom is 0.310 e. The van der Waals surface area contributed by atoms with Gasteiger partial charge in [-0.05, 0) is 38.4 Å². The lowest BCUT2D eigenvalue weighted by Gasteiger charge is -2.31. The Hall–Kier alpha value is -2.28. The van der Waals surface area contributed by atoms with Gasteiger partial charge in [-0.1, -0.05) is 0 Å². The number of likely N-dealkylation sites (tertiary alicyclic amines) is 1. The predicted molar refractivity (Wildman–Crippen MR) is 91.6 cm³/mol. The Labute approximate surface area is 147 Å². The minimum absolute atomic E-state index is 0.0582. The topological polar surface area (TPSA) is 77.1 Å². The molecule has 3 rings (SSSR count). The summed E-state index contributed by atoms with van der Waals surface area (Å²) in [7, 11) is 0. The van der Waals surface area contributed by atoms with Crippen molar-refractivity contribution in [3.63, 3.8) is 0 Å². The van der Waals surface area contributed by atoms with Gasteiger partial charge in [0.05, 0.1) is 12.5 Å². The van der Waals surface area contributed by atoms with E-state index >= 15 is 0 Å². The van der Waals surface area contributed by atoms with E-state index in [1.54, 1.807) is 18.2 Å². The lowest BCUT2D eigenvalue weighted by molar-refractivity contribution is -0.149. The largest absolute Gasteiger partial charge is 0.466 e. The van der Waals surface area contributed by atoms with Crippen molar-refractivity contribution in [2.45, 2.75) is 26.2 Å². The number of ether oxygens (including phenoxy) is 3. The summed E-state index contributed by atoms with van der Waals surface area (Å²) in [6.07, 6.45) is 2.19.